The minimum Gasteiger partial charge on any atom is -0.340 e. The molecule has 0 radical (unpaired) electrons. The second kappa shape index (κ2) is 3.82. The molecular weight excluding hydrogens is 194 g/mol. The van der Waals surface area contributed by atoms with Gasteiger partial charge < -0.3 is 14.8 Å². The van der Waals surface area contributed by atoms with Crippen molar-refractivity contribution in [3.63, 3.8) is 0 Å². The first-order valence-corrected chi connectivity index (χ1v) is 4.71. The first-order valence-electron chi connectivity index (χ1n) is 4.71. The van der Waals surface area contributed by atoms with E-state index in [0.717, 1.165) is 5.69 Å². The molecule has 2 aromatic heterocycles. The van der Waals surface area contributed by atoms with Crippen molar-refractivity contribution in [2.45, 2.75) is 26.4 Å². The maximum atomic E-state index is 5.79. The van der Waals surface area contributed by atoms with Gasteiger partial charge in [-0.1, -0.05) is 5.16 Å². The molecule has 0 aliphatic carbocycles. The molecule has 15 heavy (non-hydrogen) atoms. The maximum Gasteiger partial charge on any atom is 0.223 e. The zero-order chi connectivity index (χ0) is 10.8. The molecule has 0 saturated carbocycles. The van der Waals surface area contributed by atoms with Crippen LogP contribution in [0.1, 0.15) is 30.4 Å². The molecule has 0 bridgehead atoms. The average molecular weight is 207 g/mol. The zero-order valence-corrected chi connectivity index (χ0v) is 8.71. The molecule has 2 rings (SSSR count). The first-order chi connectivity index (χ1) is 7.16. The smallest absolute Gasteiger partial charge is 0.223 e. The van der Waals surface area contributed by atoms with Gasteiger partial charge in [0.2, 0.25) is 5.89 Å². The number of aromatic nitrogens is 4. The third-order valence-corrected chi connectivity index (χ3v) is 2.09. The Labute approximate surface area is 87.1 Å². The first kappa shape index (κ1) is 9.85. The van der Waals surface area contributed by atoms with E-state index in [1.54, 1.807) is 19.4 Å². The van der Waals surface area contributed by atoms with Crippen LogP contribution in [0.4, 0.5) is 0 Å². The zero-order valence-electron chi connectivity index (χ0n) is 8.71. The van der Waals surface area contributed by atoms with Gasteiger partial charge in [0, 0.05) is 19.2 Å². The van der Waals surface area contributed by atoms with Crippen LogP contribution >= 0.6 is 0 Å². The van der Waals surface area contributed by atoms with Gasteiger partial charge in [0.15, 0.2) is 5.82 Å². The second-order valence-corrected chi connectivity index (χ2v) is 3.46. The summed E-state index contributed by atoms with van der Waals surface area (Å²) in [6.45, 7) is 4.21. The van der Waals surface area contributed by atoms with E-state index in [1.807, 2.05) is 11.5 Å². The van der Waals surface area contributed by atoms with E-state index in [1.165, 1.54) is 0 Å². The van der Waals surface area contributed by atoms with Crippen LogP contribution in [0.5, 0.6) is 0 Å². The number of nitrogens with two attached hydrogens (primary N) is 1. The number of hydrogen-bond donors (Lipinski definition) is 1. The maximum absolute atomic E-state index is 5.79. The largest absolute Gasteiger partial charge is 0.340 e. The van der Waals surface area contributed by atoms with E-state index < -0.39 is 0 Å². The van der Waals surface area contributed by atoms with Crippen LogP contribution < -0.4 is 5.73 Å². The van der Waals surface area contributed by atoms with Crippen LogP contribution in [0.15, 0.2) is 17.0 Å². The summed E-state index contributed by atoms with van der Waals surface area (Å²) in [6, 6.07) is -0.0551. The topological polar surface area (TPSA) is 82.8 Å². The van der Waals surface area contributed by atoms with Crippen molar-refractivity contribution in [3.8, 4) is 0 Å². The standard InChI is InChI=1S/C9H13N5O/c1-6(10)8-3-11-5-14(8)4-9-12-7(2)15-13-9/h3,5-6H,4,10H2,1-2H3/t6-/m1/s1. The molecule has 0 spiro atoms. The third-order valence-electron chi connectivity index (χ3n) is 2.09. The van der Waals surface area contributed by atoms with E-state index in [4.69, 9.17) is 10.3 Å². The summed E-state index contributed by atoms with van der Waals surface area (Å²) in [5.41, 5.74) is 6.75. The van der Waals surface area contributed by atoms with Gasteiger partial charge >= 0.3 is 0 Å². The van der Waals surface area contributed by atoms with E-state index >= 15 is 0 Å². The summed E-state index contributed by atoms with van der Waals surface area (Å²) in [6.07, 6.45) is 3.46. The van der Waals surface area contributed by atoms with Crippen molar-refractivity contribution < 1.29 is 4.52 Å². The Hall–Kier alpha value is -1.69. The SMILES string of the molecule is Cc1nc(Cn2cncc2[C@@H](C)N)no1. The van der Waals surface area contributed by atoms with Gasteiger partial charge in [0.25, 0.3) is 0 Å². The summed E-state index contributed by atoms with van der Waals surface area (Å²) < 4.78 is 6.80. The molecule has 0 aliphatic rings. The molecule has 2 N–H and O–H groups in total. The molecule has 0 unspecified atom stereocenters. The lowest BCUT2D eigenvalue weighted by Crippen LogP contribution is -2.12. The fourth-order valence-corrected chi connectivity index (χ4v) is 1.40. The molecule has 6 heteroatoms. The van der Waals surface area contributed by atoms with Gasteiger partial charge in [-0.15, -0.1) is 0 Å². The Morgan fingerprint density at radius 3 is 3.00 bits per heavy atom. The highest BCUT2D eigenvalue weighted by Gasteiger charge is 2.09. The summed E-state index contributed by atoms with van der Waals surface area (Å²) >= 11 is 0. The van der Waals surface area contributed by atoms with Gasteiger partial charge in [-0.3, -0.25) is 0 Å². The Balaban J connectivity index is 2.20. The molecule has 2 heterocycles. The van der Waals surface area contributed by atoms with Crippen molar-refractivity contribution in [2.75, 3.05) is 0 Å². The monoisotopic (exact) mass is 207 g/mol. The van der Waals surface area contributed by atoms with Crippen molar-refractivity contribution in [1.82, 2.24) is 19.7 Å². The van der Waals surface area contributed by atoms with E-state index in [9.17, 15) is 0 Å². The molecule has 0 saturated heterocycles. The van der Waals surface area contributed by atoms with E-state index in [0.29, 0.717) is 18.3 Å². The van der Waals surface area contributed by atoms with Crippen molar-refractivity contribution in [2.24, 2.45) is 5.73 Å². The molecule has 0 amide bonds. The fourth-order valence-electron chi connectivity index (χ4n) is 1.40. The number of nitrogens with zero attached hydrogens (tertiary/aromatic N) is 4. The van der Waals surface area contributed by atoms with Gasteiger partial charge in [0.05, 0.1) is 18.6 Å². The lowest BCUT2D eigenvalue weighted by atomic mass is 10.3. The predicted molar refractivity (Wildman–Crippen MR) is 53.0 cm³/mol. The van der Waals surface area contributed by atoms with Crippen LogP contribution in [0, 0.1) is 6.92 Å². The highest BCUT2D eigenvalue weighted by molar-refractivity contribution is 5.05. The quantitative estimate of drug-likeness (QED) is 0.798. The van der Waals surface area contributed by atoms with Crippen molar-refractivity contribution in [1.29, 1.82) is 0 Å². The number of imidazole rings is 1. The molecule has 80 valence electrons. The summed E-state index contributed by atoms with van der Waals surface area (Å²) in [5, 5.41) is 3.82. The number of hydrogen-bond acceptors (Lipinski definition) is 5. The minimum absolute atomic E-state index is 0.0551. The molecule has 6 nitrogen and oxygen atoms in total. The van der Waals surface area contributed by atoms with Crippen molar-refractivity contribution >= 4 is 0 Å². The summed E-state index contributed by atoms with van der Waals surface area (Å²) in [4.78, 5) is 8.16. The van der Waals surface area contributed by atoms with Gasteiger partial charge in [0.1, 0.15) is 0 Å². The minimum atomic E-state index is -0.0551. The molecule has 1 atom stereocenters. The Morgan fingerprint density at radius 1 is 1.60 bits per heavy atom. The van der Waals surface area contributed by atoms with Gasteiger partial charge in [-0.05, 0) is 6.92 Å². The second-order valence-electron chi connectivity index (χ2n) is 3.46. The van der Waals surface area contributed by atoms with Crippen LogP contribution in [-0.4, -0.2) is 19.7 Å². The third kappa shape index (κ3) is 2.04. The molecule has 0 fully saturated rings. The number of aryl methyl sites for hydroxylation is 1. The summed E-state index contributed by atoms with van der Waals surface area (Å²) in [7, 11) is 0. The Kier molecular flexibility index (Phi) is 2.51. The number of rotatable bonds is 3. The fraction of sp³-hybridized carbons (Fsp3) is 0.444. The van der Waals surface area contributed by atoms with Crippen molar-refractivity contribution in [3.05, 3.63) is 29.9 Å². The Morgan fingerprint density at radius 2 is 2.40 bits per heavy atom. The van der Waals surface area contributed by atoms with Gasteiger partial charge in [-0.2, -0.15) is 4.98 Å². The molecule has 0 aliphatic heterocycles. The van der Waals surface area contributed by atoms with Crippen LogP contribution in [0.2, 0.25) is 0 Å². The van der Waals surface area contributed by atoms with Crippen LogP contribution in [0.3, 0.4) is 0 Å². The molecular formula is C9H13N5O. The normalized spacial score (nSPS) is 13.0. The lowest BCUT2D eigenvalue weighted by Gasteiger charge is -2.07. The van der Waals surface area contributed by atoms with E-state index in [2.05, 4.69) is 15.1 Å². The highest BCUT2D eigenvalue weighted by Crippen LogP contribution is 2.10. The lowest BCUT2D eigenvalue weighted by molar-refractivity contribution is 0.385. The van der Waals surface area contributed by atoms with Crippen LogP contribution in [-0.2, 0) is 6.54 Å². The predicted octanol–water partition coefficient (Wildman–Crippen LogP) is 0.643. The molecule has 0 aromatic carbocycles. The Bertz CT molecular complexity index is 445. The van der Waals surface area contributed by atoms with Gasteiger partial charge in [-0.25, -0.2) is 4.98 Å². The van der Waals surface area contributed by atoms with E-state index in [-0.39, 0.29) is 6.04 Å². The summed E-state index contributed by atoms with van der Waals surface area (Å²) in [5.74, 6) is 1.19. The average Bonchev–Trinajstić information content (AvgIpc) is 2.75. The molecule has 2 aromatic rings. The highest BCUT2D eigenvalue weighted by atomic mass is 16.5. The van der Waals surface area contributed by atoms with Crippen LogP contribution in [0.25, 0.3) is 0 Å².